The molecule has 4 heteroatoms. The number of aliphatic hydroxyl groups is 1. The zero-order valence-corrected chi connectivity index (χ0v) is 4.13. The number of carbonyl (C=O) groups excluding carboxylic acids is 1. The number of aliphatic hydroxyl groups excluding tert-OH is 1. The molecule has 0 radical (unpaired) electrons. The molecule has 0 aliphatic carbocycles. The molecule has 0 aromatic carbocycles. The summed E-state index contributed by atoms with van der Waals surface area (Å²) in [5, 5.41) is 7.57. The Balaban J connectivity index is 0. The van der Waals surface area contributed by atoms with Crippen LogP contribution in [0.15, 0.2) is 0 Å². The monoisotopic (exact) mass is 107 g/mol. The molecule has 0 aromatic heterocycles. The van der Waals surface area contributed by atoms with E-state index in [2.05, 4.69) is 10.7 Å². The molecule has 0 amide bonds. The first-order chi connectivity index (χ1) is 3.33. The average Bonchev–Trinajstić information content (AvgIpc) is 1.69. The van der Waals surface area contributed by atoms with Gasteiger partial charge in [0.05, 0.1) is 0 Å². The molecular formula is C3H9NO3. The minimum absolute atomic E-state index is 0.153. The summed E-state index contributed by atoms with van der Waals surface area (Å²) in [4.78, 5) is 12.2. The van der Waals surface area contributed by atoms with Crippen LogP contribution in [0.3, 0.4) is 0 Å². The highest BCUT2D eigenvalue weighted by molar-refractivity contribution is 5.35. The first-order valence-electron chi connectivity index (χ1n) is 1.73. The molecule has 0 saturated carbocycles. The Bertz CT molecular complexity index is 31.4. The van der Waals surface area contributed by atoms with Gasteiger partial charge in [-0.3, -0.25) is 4.79 Å². The van der Waals surface area contributed by atoms with Crippen LogP contribution in [0.25, 0.3) is 0 Å². The minimum atomic E-state index is 0.153. The summed E-state index contributed by atoms with van der Waals surface area (Å²) in [6, 6.07) is 0. The van der Waals surface area contributed by atoms with E-state index in [0.717, 1.165) is 0 Å². The molecule has 4 nitrogen and oxygen atoms in total. The summed E-state index contributed by atoms with van der Waals surface area (Å²) in [5.74, 6) is 4.16. The molecule has 0 saturated heterocycles. The minimum Gasteiger partial charge on any atom is -0.397 e. The molecule has 0 fully saturated rings. The number of hydrogen-bond acceptors (Lipinski definition) is 4. The van der Waals surface area contributed by atoms with Crippen molar-refractivity contribution in [2.24, 2.45) is 5.90 Å². The fraction of sp³-hybridized carbons (Fsp3) is 0.667. The van der Waals surface area contributed by atoms with Crippen LogP contribution in [0.1, 0.15) is 6.92 Å². The van der Waals surface area contributed by atoms with E-state index in [-0.39, 0.29) is 13.1 Å². The van der Waals surface area contributed by atoms with Gasteiger partial charge in [-0.15, -0.1) is 0 Å². The van der Waals surface area contributed by atoms with Gasteiger partial charge in [-0.25, -0.2) is 0 Å². The molecule has 0 bridgehead atoms. The Kier molecular flexibility index (Phi) is 25.0. The lowest BCUT2D eigenvalue weighted by molar-refractivity contribution is -0.129. The van der Waals surface area contributed by atoms with Gasteiger partial charge >= 0.3 is 6.47 Å². The van der Waals surface area contributed by atoms with Gasteiger partial charge in [0.25, 0.3) is 0 Å². The van der Waals surface area contributed by atoms with Gasteiger partial charge in [-0.2, -0.15) is 5.90 Å². The highest BCUT2D eigenvalue weighted by Crippen LogP contribution is 1.30. The summed E-state index contributed by atoms with van der Waals surface area (Å²) in [5.41, 5.74) is 0. The Morgan fingerprint density at radius 2 is 2.14 bits per heavy atom. The second-order valence-corrected chi connectivity index (χ2v) is 0.549. The molecule has 0 aromatic rings. The van der Waals surface area contributed by atoms with E-state index in [0.29, 0.717) is 0 Å². The van der Waals surface area contributed by atoms with Crippen molar-refractivity contribution >= 4 is 6.47 Å². The van der Waals surface area contributed by atoms with Crippen molar-refractivity contribution in [1.82, 2.24) is 0 Å². The summed E-state index contributed by atoms with van der Waals surface area (Å²) >= 11 is 0. The predicted molar refractivity (Wildman–Crippen MR) is 24.1 cm³/mol. The third-order valence-corrected chi connectivity index (χ3v) is 0.0556. The van der Waals surface area contributed by atoms with E-state index in [9.17, 15) is 0 Å². The lowest BCUT2D eigenvalue weighted by Gasteiger charge is -1.66. The van der Waals surface area contributed by atoms with Crippen molar-refractivity contribution in [3.63, 3.8) is 0 Å². The van der Waals surface area contributed by atoms with E-state index >= 15 is 0 Å². The molecule has 44 valence electrons. The SMILES string of the molecule is CCO.NOC=O. The van der Waals surface area contributed by atoms with Crippen molar-refractivity contribution < 1.29 is 14.7 Å². The van der Waals surface area contributed by atoms with E-state index in [4.69, 9.17) is 9.90 Å². The zero-order chi connectivity index (χ0) is 6.12. The molecule has 0 aliphatic rings. The molecule has 0 spiro atoms. The van der Waals surface area contributed by atoms with E-state index in [1.54, 1.807) is 6.92 Å². The first kappa shape index (κ1) is 9.63. The maximum atomic E-state index is 8.83. The fourth-order valence-electron chi connectivity index (χ4n) is 0. The van der Waals surface area contributed by atoms with Crippen molar-refractivity contribution in [3.8, 4) is 0 Å². The first-order valence-corrected chi connectivity index (χ1v) is 1.73. The number of rotatable bonds is 1. The predicted octanol–water partition coefficient (Wildman–Crippen LogP) is -0.968. The molecule has 0 atom stereocenters. The van der Waals surface area contributed by atoms with Crippen LogP contribution < -0.4 is 5.90 Å². The normalized spacial score (nSPS) is 5.57. The topological polar surface area (TPSA) is 72.6 Å². The Hall–Kier alpha value is -0.610. The van der Waals surface area contributed by atoms with Crippen molar-refractivity contribution in [2.75, 3.05) is 6.61 Å². The summed E-state index contributed by atoms with van der Waals surface area (Å²) < 4.78 is 0. The zero-order valence-electron chi connectivity index (χ0n) is 4.13. The van der Waals surface area contributed by atoms with Crippen molar-refractivity contribution in [3.05, 3.63) is 0 Å². The summed E-state index contributed by atoms with van der Waals surface area (Å²) in [6.45, 7) is 2.08. The standard InChI is InChI=1S/C2H6O.CH3NO2/c1-2-3;2-4-1-3/h3H,2H2,1H3;1H,2H2. The summed E-state index contributed by atoms with van der Waals surface area (Å²) in [7, 11) is 0. The number of hydrogen-bond donors (Lipinski definition) is 2. The largest absolute Gasteiger partial charge is 0.397 e. The number of carbonyl (C=O) groups is 1. The van der Waals surface area contributed by atoms with Gasteiger partial charge in [-0.05, 0) is 6.92 Å². The van der Waals surface area contributed by atoms with Gasteiger partial charge in [-0.1, -0.05) is 0 Å². The quantitative estimate of drug-likeness (QED) is 0.334. The second-order valence-electron chi connectivity index (χ2n) is 0.549. The number of nitrogens with two attached hydrogens (primary N) is 1. The lowest BCUT2D eigenvalue weighted by Crippen LogP contribution is -1.92. The molecule has 0 rings (SSSR count). The average molecular weight is 107 g/mol. The Morgan fingerprint density at radius 1 is 2.00 bits per heavy atom. The Labute approximate surface area is 41.8 Å². The van der Waals surface area contributed by atoms with Crippen molar-refractivity contribution in [1.29, 1.82) is 0 Å². The third kappa shape index (κ3) is 407. The fourth-order valence-corrected chi connectivity index (χ4v) is 0. The maximum Gasteiger partial charge on any atom is 0.312 e. The highest BCUT2D eigenvalue weighted by Gasteiger charge is 1.44. The summed E-state index contributed by atoms with van der Waals surface area (Å²) in [6.07, 6.45) is 0. The van der Waals surface area contributed by atoms with Crippen LogP contribution in [0.4, 0.5) is 0 Å². The van der Waals surface area contributed by atoms with Crippen LogP contribution in [-0.2, 0) is 9.63 Å². The van der Waals surface area contributed by atoms with Gasteiger partial charge in [0, 0.05) is 6.61 Å². The van der Waals surface area contributed by atoms with Gasteiger partial charge in [0.1, 0.15) is 0 Å². The molecular weight excluding hydrogens is 98.0 g/mol. The van der Waals surface area contributed by atoms with E-state index < -0.39 is 0 Å². The van der Waals surface area contributed by atoms with Crippen LogP contribution in [-0.4, -0.2) is 18.2 Å². The van der Waals surface area contributed by atoms with Crippen LogP contribution in [0.2, 0.25) is 0 Å². The van der Waals surface area contributed by atoms with Gasteiger partial charge < -0.3 is 9.94 Å². The second kappa shape index (κ2) is 18.2. The maximum absolute atomic E-state index is 8.83. The highest BCUT2D eigenvalue weighted by atomic mass is 16.6. The van der Waals surface area contributed by atoms with Gasteiger partial charge in [0.2, 0.25) is 0 Å². The molecule has 3 N–H and O–H groups in total. The Morgan fingerprint density at radius 3 is 2.14 bits per heavy atom. The smallest absolute Gasteiger partial charge is 0.312 e. The van der Waals surface area contributed by atoms with Crippen LogP contribution >= 0.6 is 0 Å². The molecule has 0 heterocycles. The molecule has 0 unspecified atom stereocenters. The van der Waals surface area contributed by atoms with E-state index in [1.807, 2.05) is 0 Å². The van der Waals surface area contributed by atoms with Crippen LogP contribution in [0.5, 0.6) is 0 Å². The molecule has 7 heavy (non-hydrogen) atoms. The van der Waals surface area contributed by atoms with Crippen molar-refractivity contribution in [2.45, 2.75) is 6.92 Å². The van der Waals surface area contributed by atoms with Gasteiger partial charge in [0.15, 0.2) is 0 Å². The third-order valence-electron chi connectivity index (χ3n) is 0.0556. The molecule has 0 aliphatic heterocycles. The van der Waals surface area contributed by atoms with E-state index in [1.165, 1.54) is 0 Å². The lowest BCUT2D eigenvalue weighted by atomic mass is 10.9. The van der Waals surface area contributed by atoms with Crippen LogP contribution in [0, 0.1) is 0 Å².